The first-order valence-electron chi connectivity index (χ1n) is 7.66. The normalized spacial score (nSPS) is 10.8. The van der Waals surface area contributed by atoms with E-state index in [9.17, 15) is 10.1 Å². The molecule has 25 heavy (non-hydrogen) atoms. The molecule has 3 aromatic rings. The highest BCUT2D eigenvalue weighted by Gasteiger charge is 2.24. The van der Waals surface area contributed by atoms with Gasteiger partial charge >= 0.3 is 16.3 Å². The summed E-state index contributed by atoms with van der Waals surface area (Å²) in [4.78, 5) is 11.8. The minimum atomic E-state index is -0.345. The number of methoxy groups -OCH3 is 1. The van der Waals surface area contributed by atoms with E-state index < -0.39 is 0 Å². The Morgan fingerprint density at radius 1 is 0.960 bits per heavy atom. The largest absolute Gasteiger partial charge is 0.517 e. The lowest BCUT2D eigenvalue weighted by molar-refractivity contribution is -0.380. The summed E-state index contributed by atoms with van der Waals surface area (Å²) in [7, 11) is 1.63. The van der Waals surface area contributed by atoms with E-state index in [1.807, 2.05) is 72.8 Å². The van der Waals surface area contributed by atoms with Crippen molar-refractivity contribution in [1.82, 2.24) is 0 Å². The third kappa shape index (κ3) is 4.28. The van der Waals surface area contributed by atoms with E-state index in [-0.39, 0.29) is 9.92 Å². The van der Waals surface area contributed by atoms with Crippen LogP contribution in [0.4, 0.5) is 5.00 Å². The zero-order valence-corrected chi connectivity index (χ0v) is 14.4. The van der Waals surface area contributed by atoms with Crippen molar-refractivity contribution in [1.29, 1.82) is 0 Å². The van der Waals surface area contributed by atoms with Gasteiger partial charge in [-0.1, -0.05) is 42.5 Å². The van der Waals surface area contributed by atoms with E-state index in [4.69, 9.17) is 4.74 Å². The average Bonchev–Trinajstić information content (AvgIpc) is 2.67. The van der Waals surface area contributed by atoms with Crippen molar-refractivity contribution in [2.24, 2.45) is 0 Å². The van der Waals surface area contributed by atoms with Gasteiger partial charge in [0.05, 0.1) is 13.2 Å². The van der Waals surface area contributed by atoms with Crippen LogP contribution in [0, 0.1) is 10.1 Å². The summed E-state index contributed by atoms with van der Waals surface area (Å²) in [6, 6.07) is 20.9. The molecular weight excluding hydrogens is 334 g/mol. The fourth-order valence-electron chi connectivity index (χ4n) is 2.35. The highest BCUT2D eigenvalue weighted by molar-refractivity contribution is 7.18. The van der Waals surface area contributed by atoms with E-state index in [1.54, 1.807) is 13.2 Å². The molecule has 0 saturated carbocycles. The Balaban J connectivity index is 1.95. The van der Waals surface area contributed by atoms with Crippen molar-refractivity contribution in [3.8, 4) is 16.2 Å². The van der Waals surface area contributed by atoms with E-state index >= 15 is 0 Å². The molecule has 124 valence electrons. The van der Waals surface area contributed by atoms with Crippen LogP contribution in [-0.4, -0.2) is 12.0 Å². The van der Waals surface area contributed by atoms with Gasteiger partial charge in [-0.2, -0.15) is 0 Å². The second-order valence-electron chi connectivity index (χ2n) is 5.32. The minimum absolute atomic E-state index is 0.121. The lowest BCUT2D eigenvalue weighted by Gasteiger charge is -1.99. The number of rotatable bonds is 5. The Bertz CT molecular complexity index is 906. The molecule has 0 fully saturated rings. The molecule has 0 bridgehead atoms. The second kappa shape index (κ2) is 7.68. The lowest BCUT2D eigenvalue weighted by atomic mass is 10.1. The number of nitrogens with zero attached hydrogens (tertiary/aromatic N) is 1. The first-order chi connectivity index (χ1) is 12.2. The molecule has 1 heterocycles. The molecule has 0 unspecified atom stereocenters. The second-order valence-corrected chi connectivity index (χ2v) is 6.39. The molecule has 1 aromatic heterocycles. The molecule has 0 radical (unpaired) electrons. The van der Waals surface area contributed by atoms with Gasteiger partial charge in [-0.15, -0.1) is 0 Å². The molecule has 0 amide bonds. The van der Waals surface area contributed by atoms with Crippen LogP contribution in [0.15, 0.2) is 66.7 Å². The van der Waals surface area contributed by atoms with E-state index in [0.717, 1.165) is 27.3 Å². The van der Waals surface area contributed by atoms with Gasteiger partial charge in [-0.25, -0.2) is 0 Å². The van der Waals surface area contributed by atoms with Crippen molar-refractivity contribution >= 4 is 28.5 Å². The van der Waals surface area contributed by atoms with Crippen LogP contribution >= 0.6 is 11.3 Å². The molecule has 0 aliphatic heterocycles. The third-order valence-corrected chi connectivity index (χ3v) is 4.67. The Morgan fingerprint density at radius 3 is 2.28 bits per heavy atom. The first-order valence-corrected chi connectivity index (χ1v) is 8.47. The molecule has 0 N–H and O–H groups in total. The number of benzene rings is 2. The predicted octanol–water partition coefficient (Wildman–Crippen LogP) is 5.78. The van der Waals surface area contributed by atoms with Gasteiger partial charge in [0, 0.05) is 11.6 Å². The van der Waals surface area contributed by atoms with Crippen LogP contribution in [0.25, 0.3) is 22.6 Å². The minimum Gasteiger partial charge on any atom is -0.497 e. The van der Waals surface area contributed by atoms with E-state index in [1.165, 1.54) is 11.3 Å². The summed E-state index contributed by atoms with van der Waals surface area (Å²) < 4.78 is 5.14. The zero-order valence-electron chi connectivity index (χ0n) is 13.6. The number of nitro groups is 1. The monoisotopic (exact) mass is 350 g/mol. The molecule has 3 rings (SSSR count). The summed E-state index contributed by atoms with van der Waals surface area (Å²) in [6.07, 6.45) is 3.81. The van der Waals surface area contributed by atoms with Gasteiger partial charge < -0.3 is 4.74 Å². The maximum absolute atomic E-state index is 11.3. The van der Waals surface area contributed by atoms with Crippen molar-refractivity contribution in [2.45, 2.75) is 0 Å². The summed E-state index contributed by atoms with van der Waals surface area (Å²) >= 11 is 1.17. The maximum atomic E-state index is 11.3. The van der Waals surface area contributed by atoms with Crippen molar-refractivity contribution in [3.63, 3.8) is 0 Å². The standard InChI is InChI=1S/C20H16NO3S/c1-24-18-11-9-15(10-12-18)7-8-16-13-19(17-5-3-2-4-6-17)25-20(14-16)21(22)23/h2-14H,1H3/q+1. The summed E-state index contributed by atoms with van der Waals surface area (Å²) in [5.41, 5.74) is 2.76. The fourth-order valence-corrected chi connectivity index (χ4v) is 3.29. The van der Waals surface area contributed by atoms with Crippen LogP contribution in [0.3, 0.4) is 0 Å². The van der Waals surface area contributed by atoms with Gasteiger partial charge in [0.1, 0.15) is 10.7 Å². The number of hydrogen-bond acceptors (Lipinski definition) is 3. The van der Waals surface area contributed by atoms with Gasteiger partial charge in [-0.05, 0) is 35.4 Å². The predicted molar refractivity (Wildman–Crippen MR) is 103 cm³/mol. The summed E-state index contributed by atoms with van der Waals surface area (Å²) in [5.74, 6) is 0.792. The van der Waals surface area contributed by atoms with Gasteiger partial charge in [0.2, 0.25) is 4.88 Å². The quantitative estimate of drug-likeness (QED) is 0.333. The smallest absolute Gasteiger partial charge is 0.497 e. The van der Waals surface area contributed by atoms with Crippen molar-refractivity contribution < 1.29 is 9.66 Å². The Labute approximate surface area is 149 Å². The van der Waals surface area contributed by atoms with Crippen LogP contribution in [0.5, 0.6) is 5.75 Å². The molecule has 2 aromatic carbocycles. The SMILES string of the molecule is COc1ccc(C=Cc2cc(-c3ccccc3)[s+]c([N+](=O)[O-])c2)cc1. The summed E-state index contributed by atoms with van der Waals surface area (Å²) in [6.45, 7) is 0. The van der Waals surface area contributed by atoms with Crippen LogP contribution < -0.4 is 4.74 Å². The van der Waals surface area contributed by atoms with E-state index in [0.29, 0.717) is 0 Å². The third-order valence-electron chi connectivity index (χ3n) is 3.62. The highest BCUT2D eigenvalue weighted by Crippen LogP contribution is 2.32. The molecule has 0 aliphatic rings. The van der Waals surface area contributed by atoms with Crippen LogP contribution in [0.2, 0.25) is 0 Å². The van der Waals surface area contributed by atoms with Crippen molar-refractivity contribution in [2.75, 3.05) is 7.11 Å². The average molecular weight is 350 g/mol. The summed E-state index contributed by atoms with van der Waals surface area (Å²) in [5, 5.41) is 11.4. The Hall–Kier alpha value is -3.05. The topological polar surface area (TPSA) is 52.4 Å². The molecule has 0 saturated heterocycles. The molecule has 4 nitrogen and oxygen atoms in total. The molecule has 0 aliphatic carbocycles. The van der Waals surface area contributed by atoms with Gasteiger partial charge in [0.15, 0.2) is 0 Å². The van der Waals surface area contributed by atoms with Gasteiger partial charge in [-0.3, -0.25) is 10.1 Å². The number of ether oxygens (including phenoxy) is 1. The van der Waals surface area contributed by atoms with Crippen molar-refractivity contribution in [3.05, 3.63) is 88.0 Å². The van der Waals surface area contributed by atoms with Crippen LogP contribution in [0.1, 0.15) is 11.1 Å². The van der Waals surface area contributed by atoms with Crippen LogP contribution in [-0.2, 0) is 0 Å². The molecular formula is C20H16NO3S+. The zero-order chi connectivity index (χ0) is 17.6. The van der Waals surface area contributed by atoms with E-state index in [2.05, 4.69) is 0 Å². The first kappa shape index (κ1) is 16.8. The Kier molecular flexibility index (Phi) is 5.16. The lowest BCUT2D eigenvalue weighted by Crippen LogP contribution is -1.87. The molecule has 0 atom stereocenters. The highest BCUT2D eigenvalue weighted by atomic mass is 32.1. The van der Waals surface area contributed by atoms with Gasteiger partial charge in [0.25, 0.3) is 0 Å². The molecule has 0 spiro atoms. The maximum Gasteiger partial charge on any atom is 0.517 e. The molecule has 5 heteroatoms. The Morgan fingerprint density at radius 2 is 1.64 bits per heavy atom. The number of hydrogen-bond donors (Lipinski definition) is 0. The fraction of sp³-hybridized carbons (Fsp3) is 0.0500.